The highest BCUT2D eigenvalue weighted by Crippen LogP contribution is 2.21. The summed E-state index contributed by atoms with van der Waals surface area (Å²) in [5.74, 6) is 0.513. The van der Waals surface area contributed by atoms with Gasteiger partial charge in [-0.15, -0.1) is 22.9 Å². The van der Waals surface area contributed by atoms with Crippen molar-refractivity contribution < 1.29 is 14.3 Å². The molecule has 0 saturated carbocycles. The van der Waals surface area contributed by atoms with Crippen molar-refractivity contribution in [3.8, 4) is 5.75 Å². The maximum absolute atomic E-state index is 10.8. The molecule has 7 heteroatoms. The summed E-state index contributed by atoms with van der Waals surface area (Å²) < 4.78 is 4.98. The number of hydrogen-bond acceptors (Lipinski definition) is 4. The van der Waals surface area contributed by atoms with Gasteiger partial charge in [0.25, 0.3) is 0 Å². The van der Waals surface area contributed by atoms with Crippen LogP contribution < -0.4 is 15.4 Å². The summed E-state index contributed by atoms with van der Waals surface area (Å²) in [5.41, 5.74) is 1.52. The highest BCUT2D eigenvalue weighted by Gasteiger charge is 2.00. The first-order valence-electron chi connectivity index (χ1n) is 6.34. The van der Waals surface area contributed by atoms with Crippen LogP contribution in [0.5, 0.6) is 5.75 Å². The van der Waals surface area contributed by atoms with E-state index in [1.54, 1.807) is 30.6 Å². The van der Waals surface area contributed by atoms with Gasteiger partial charge >= 0.3 is 0 Å². The van der Waals surface area contributed by atoms with E-state index in [-0.39, 0.29) is 11.8 Å². The summed E-state index contributed by atoms with van der Waals surface area (Å²) in [6.07, 6.45) is 0.623. The molecule has 0 aliphatic heterocycles. The molecule has 1 aromatic carbocycles. The molecule has 0 atom stereocenters. The van der Waals surface area contributed by atoms with E-state index in [4.69, 9.17) is 16.3 Å². The molecule has 0 aliphatic rings. The molecule has 5 nitrogen and oxygen atoms in total. The molecule has 0 aliphatic carbocycles. The largest absolute Gasteiger partial charge is 0.495 e. The molecule has 2 N–H and O–H groups in total. The molecule has 2 amide bonds. The van der Waals surface area contributed by atoms with Crippen molar-refractivity contribution in [2.45, 2.75) is 6.92 Å². The fraction of sp³-hybridized carbons (Fsp3) is 0.200. The molecule has 2 rings (SSSR count). The Bertz CT molecular complexity index is 616. The lowest BCUT2D eigenvalue weighted by Crippen LogP contribution is -2.11. The van der Waals surface area contributed by atoms with Crippen molar-refractivity contribution in [3.63, 3.8) is 0 Å². The summed E-state index contributed by atoms with van der Waals surface area (Å²) in [6.45, 7) is 1.99. The Labute approximate surface area is 138 Å². The van der Waals surface area contributed by atoms with E-state index in [1.165, 1.54) is 4.88 Å². The first-order valence-corrected chi connectivity index (χ1v) is 7.76. The fourth-order valence-electron chi connectivity index (χ4n) is 1.53. The van der Waals surface area contributed by atoms with E-state index in [1.807, 2.05) is 30.5 Å². The van der Waals surface area contributed by atoms with Gasteiger partial charge in [-0.3, -0.25) is 9.59 Å². The number of carbonyl (C=O) groups is 2. The molecule has 1 aromatic heterocycles. The first kappa shape index (κ1) is 18.0. The lowest BCUT2D eigenvalue weighted by Gasteiger charge is -2.04. The minimum Gasteiger partial charge on any atom is -0.495 e. The Morgan fingerprint density at radius 2 is 2.14 bits per heavy atom. The SMILES string of the molecule is COc1ccccc1NC=O.Cc1cc(NC(=O)CCl)cs1. The van der Waals surface area contributed by atoms with Crippen LogP contribution >= 0.6 is 22.9 Å². The third-order valence-corrected chi connectivity index (χ3v) is 3.56. The Hall–Kier alpha value is -2.05. The molecule has 0 bridgehead atoms. The molecule has 22 heavy (non-hydrogen) atoms. The number of thiophene rings is 1. The second-order valence-electron chi connectivity index (χ2n) is 4.09. The van der Waals surface area contributed by atoms with Crippen LogP contribution in [-0.4, -0.2) is 25.3 Å². The maximum atomic E-state index is 10.8. The number of carbonyl (C=O) groups excluding carboxylic acids is 2. The van der Waals surface area contributed by atoms with Crippen molar-refractivity contribution in [2.75, 3.05) is 23.6 Å². The lowest BCUT2D eigenvalue weighted by molar-refractivity contribution is -0.114. The lowest BCUT2D eigenvalue weighted by atomic mass is 10.3. The van der Waals surface area contributed by atoms with E-state index >= 15 is 0 Å². The number of amides is 2. The number of aryl methyl sites for hydroxylation is 1. The quantitative estimate of drug-likeness (QED) is 0.646. The molecule has 118 valence electrons. The van der Waals surface area contributed by atoms with Crippen LogP contribution in [0.25, 0.3) is 0 Å². The number of nitrogens with one attached hydrogen (secondary N) is 2. The maximum Gasteiger partial charge on any atom is 0.239 e. The van der Waals surface area contributed by atoms with Gasteiger partial charge in [0, 0.05) is 10.3 Å². The van der Waals surface area contributed by atoms with Crippen LogP contribution in [0.3, 0.4) is 0 Å². The first-order chi connectivity index (χ1) is 10.6. The summed E-state index contributed by atoms with van der Waals surface area (Å²) in [7, 11) is 1.56. The number of ether oxygens (including phenoxy) is 1. The summed E-state index contributed by atoms with van der Waals surface area (Å²) in [5, 5.41) is 7.06. The fourth-order valence-corrected chi connectivity index (χ4v) is 2.23. The number of alkyl halides is 1. The number of anilines is 2. The normalized spacial score (nSPS) is 9.23. The Balaban J connectivity index is 0.000000220. The van der Waals surface area contributed by atoms with Crippen molar-refractivity contribution >= 4 is 46.6 Å². The zero-order valence-electron chi connectivity index (χ0n) is 12.3. The summed E-state index contributed by atoms with van der Waals surface area (Å²) in [4.78, 5) is 22.0. The molecular weight excluding hydrogens is 324 g/mol. The van der Waals surface area contributed by atoms with E-state index in [2.05, 4.69) is 10.6 Å². The Morgan fingerprint density at radius 1 is 1.41 bits per heavy atom. The van der Waals surface area contributed by atoms with Crippen molar-refractivity contribution in [1.82, 2.24) is 0 Å². The predicted octanol–water partition coefficient (Wildman–Crippen LogP) is 3.50. The van der Waals surface area contributed by atoms with E-state index < -0.39 is 0 Å². The number of para-hydroxylation sites is 2. The number of methoxy groups -OCH3 is 1. The van der Waals surface area contributed by atoms with Gasteiger partial charge in [-0.25, -0.2) is 0 Å². The van der Waals surface area contributed by atoms with Crippen molar-refractivity contribution in [3.05, 3.63) is 40.6 Å². The van der Waals surface area contributed by atoms with E-state index in [9.17, 15) is 9.59 Å². The van der Waals surface area contributed by atoms with Crippen LogP contribution in [0, 0.1) is 6.92 Å². The number of rotatable bonds is 5. The van der Waals surface area contributed by atoms with Gasteiger partial charge in [0.05, 0.1) is 18.5 Å². The highest BCUT2D eigenvalue weighted by molar-refractivity contribution is 7.10. The average molecular weight is 341 g/mol. The van der Waals surface area contributed by atoms with Crippen molar-refractivity contribution in [2.24, 2.45) is 0 Å². The molecule has 0 radical (unpaired) electrons. The highest BCUT2D eigenvalue weighted by atomic mass is 35.5. The number of halogens is 1. The second kappa shape index (κ2) is 9.81. The topological polar surface area (TPSA) is 67.4 Å². The van der Waals surface area contributed by atoms with Gasteiger partial charge in [0.15, 0.2) is 0 Å². The van der Waals surface area contributed by atoms with Gasteiger partial charge < -0.3 is 15.4 Å². The third kappa shape index (κ3) is 6.15. The predicted molar refractivity (Wildman–Crippen MR) is 91.1 cm³/mol. The second-order valence-corrected chi connectivity index (χ2v) is 5.47. The minimum absolute atomic E-state index is 0.00882. The molecule has 0 unspecified atom stereocenters. The van der Waals surface area contributed by atoms with Gasteiger partial charge in [-0.1, -0.05) is 12.1 Å². The smallest absolute Gasteiger partial charge is 0.239 e. The van der Waals surface area contributed by atoms with E-state index in [0.29, 0.717) is 17.8 Å². The Kier molecular flexibility index (Phi) is 8.03. The van der Waals surface area contributed by atoms with Gasteiger partial charge in [-0.2, -0.15) is 0 Å². The number of benzene rings is 1. The zero-order valence-corrected chi connectivity index (χ0v) is 13.8. The molecule has 0 fully saturated rings. The van der Waals surface area contributed by atoms with Crippen LogP contribution in [0.2, 0.25) is 0 Å². The molecule has 0 spiro atoms. The van der Waals surface area contributed by atoms with Crippen LogP contribution in [-0.2, 0) is 9.59 Å². The zero-order chi connectivity index (χ0) is 16.4. The molecule has 1 heterocycles. The monoisotopic (exact) mass is 340 g/mol. The van der Waals surface area contributed by atoms with Crippen LogP contribution in [0.1, 0.15) is 4.88 Å². The van der Waals surface area contributed by atoms with Crippen LogP contribution in [0.15, 0.2) is 35.7 Å². The summed E-state index contributed by atoms with van der Waals surface area (Å²) in [6, 6.07) is 9.14. The van der Waals surface area contributed by atoms with Gasteiger partial charge in [0.2, 0.25) is 12.3 Å². The van der Waals surface area contributed by atoms with Crippen LogP contribution in [0.4, 0.5) is 11.4 Å². The van der Waals surface area contributed by atoms with Gasteiger partial charge in [0.1, 0.15) is 11.6 Å². The number of hydrogen-bond donors (Lipinski definition) is 2. The molecule has 2 aromatic rings. The Morgan fingerprint density at radius 3 is 2.68 bits per heavy atom. The molecular formula is C15H17ClN2O3S. The molecule has 0 saturated heterocycles. The van der Waals surface area contributed by atoms with Crippen molar-refractivity contribution in [1.29, 1.82) is 0 Å². The van der Waals surface area contributed by atoms with Gasteiger partial charge in [-0.05, 0) is 25.1 Å². The average Bonchev–Trinajstić information content (AvgIpc) is 2.93. The third-order valence-electron chi connectivity index (χ3n) is 2.46. The van der Waals surface area contributed by atoms with E-state index in [0.717, 1.165) is 5.69 Å². The summed E-state index contributed by atoms with van der Waals surface area (Å²) >= 11 is 6.90. The standard InChI is InChI=1S/C8H9NO2.C7H8ClNOS/c1-11-8-5-3-2-4-7(8)9-6-10;1-5-2-6(4-11-5)9-7(10)3-8/h2-6H,1H3,(H,9,10);2,4H,3H2,1H3,(H,9,10). The minimum atomic E-state index is -0.163.